The maximum Gasteiger partial charge on any atom is 0.168 e. The highest BCUT2D eigenvalue weighted by molar-refractivity contribution is 5.99. The van der Waals surface area contributed by atoms with Crippen molar-refractivity contribution in [2.24, 2.45) is 5.92 Å². The number of hydrogen-bond donors (Lipinski definition) is 0. The molecule has 3 heteroatoms. The van der Waals surface area contributed by atoms with Gasteiger partial charge in [0.15, 0.2) is 5.78 Å². The fraction of sp³-hybridized carbons (Fsp3) is 0.562. The van der Waals surface area contributed by atoms with Crippen molar-refractivity contribution in [3.63, 3.8) is 0 Å². The lowest BCUT2D eigenvalue weighted by atomic mass is 9.81. The van der Waals surface area contributed by atoms with Gasteiger partial charge in [-0.15, -0.1) is 0 Å². The molecule has 0 aromatic heterocycles. The monoisotopic (exact) mass is 264 g/mol. The minimum absolute atomic E-state index is 0.0404. The highest BCUT2D eigenvalue weighted by atomic mass is 19.1. The van der Waals surface area contributed by atoms with Gasteiger partial charge in [0.25, 0.3) is 0 Å². The quantitative estimate of drug-likeness (QED) is 0.757. The zero-order chi connectivity index (χ0) is 14.4. The van der Waals surface area contributed by atoms with Crippen molar-refractivity contribution in [1.29, 1.82) is 0 Å². The van der Waals surface area contributed by atoms with Gasteiger partial charge in [-0.3, -0.25) is 4.79 Å². The Kier molecular flexibility index (Phi) is 3.29. The number of ether oxygens (including phenoxy) is 1. The maximum absolute atomic E-state index is 13.3. The van der Waals surface area contributed by atoms with Crippen LogP contribution >= 0.6 is 0 Å². The third-order valence-corrected chi connectivity index (χ3v) is 3.83. The third-order valence-electron chi connectivity index (χ3n) is 3.83. The first kappa shape index (κ1) is 14.2. The van der Waals surface area contributed by atoms with Gasteiger partial charge in [-0.1, -0.05) is 0 Å². The Morgan fingerprint density at radius 2 is 1.95 bits per heavy atom. The second-order valence-corrected chi connectivity index (χ2v) is 6.55. The van der Waals surface area contributed by atoms with Gasteiger partial charge in [0, 0.05) is 5.56 Å². The first-order chi connectivity index (χ1) is 8.62. The first-order valence-electron chi connectivity index (χ1n) is 6.63. The van der Waals surface area contributed by atoms with Crippen molar-refractivity contribution in [1.82, 2.24) is 0 Å². The van der Waals surface area contributed by atoms with Gasteiger partial charge in [-0.25, -0.2) is 4.39 Å². The molecule has 2 nitrogen and oxygen atoms in total. The second-order valence-electron chi connectivity index (χ2n) is 6.55. The molecule has 1 atom stereocenters. The minimum Gasteiger partial charge on any atom is -0.369 e. The van der Waals surface area contributed by atoms with E-state index < -0.39 is 5.60 Å². The van der Waals surface area contributed by atoms with E-state index in [0.717, 1.165) is 0 Å². The summed E-state index contributed by atoms with van der Waals surface area (Å²) in [5.41, 5.74) is 0.294. The van der Waals surface area contributed by atoms with E-state index >= 15 is 0 Å². The Balaban J connectivity index is 2.31. The lowest BCUT2D eigenvalue weighted by Gasteiger charge is -2.26. The number of Topliss-reactive ketones (excluding diaryl/α,β-unsaturated/α-hetero) is 1. The van der Waals surface area contributed by atoms with Gasteiger partial charge in [0.2, 0.25) is 0 Å². The lowest BCUT2D eigenvalue weighted by Crippen LogP contribution is -2.33. The van der Waals surface area contributed by atoms with Crippen LogP contribution in [0.3, 0.4) is 0 Å². The molecule has 19 heavy (non-hydrogen) atoms. The number of carbonyl (C=O) groups is 1. The summed E-state index contributed by atoms with van der Waals surface area (Å²) in [4.78, 5) is 12.6. The Morgan fingerprint density at radius 3 is 2.42 bits per heavy atom. The molecule has 1 aliphatic heterocycles. The molecule has 1 aromatic carbocycles. The molecule has 1 unspecified atom stereocenters. The summed E-state index contributed by atoms with van der Waals surface area (Å²) in [5, 5.41) is 0. The summed E-state index contributed by atoms with van der Waals surface area (Å²) in [6.45, 7) is 9.56. The van der Waals surface area contributed by atoms with Crippen molar-refractivity contribution in [2.75, 3.05) is 0 Å². The third kappa shape index (κ3) is 2.71. The van der Waals surface area contributed by atoms with Gasteiger partial charge in [0.1, 0.15) is 5.82 Å². The van der Waals surface area contributed by atoms with E-state index in [1.807, 2.05) is 27.7 Å². The van der Waals surface area contributed by atoms with Crippen LogP contribution in [0.15, 0.2) is 18.2 Å². The van der Waals surface area contributed by atoms with E-state index in [9.17, 15) is 9.18 Å². The topological polar surface area (TPSA) is 26.3 Å². The first-order valence-corrected chi connectivity index (χ1v) is 6.63. The van der Waals surface area contributed by atoms with Crippen LogP contribution in [-0.4, -0.2) is 17.0 Å². The number of benzene rings is 1. The van der Waals surface area contributed by atoms with Gasteiger partial charge in [-0.05, 0) is 64.8 Å². The van der Waals surface area contributed by atoms with Crippen molar-refractivity contribution < 1.29 is 13.9 Å². The molecule has 0 saturated carbocycles. The standard InChI is InChI=1S/C16H21FO2/c1-10-8-11(6-7-13(10)17)14(18)12-9-15(2,3)19-16(12,4)5/h6-8,12H,9H2,1-5H3. The average Bonchev–Trinajstić information content (AvgIpc) is 2.49. The fourth-order valence-corrected chi connectivity index (χ4v) is 2.97. The number of halogens is 1. The summed E-state index contributed by atoms with van der Waals surface area (Å²) in [7, 11) is 0. The second kappa shape index (κ2) is 4.41. The van der Waals surface area contributed by atoms with Gasteiger partial charge in [-0.2, -0.15) is 0 Å². The molecular weight excluding hydrogens is 243 g/mol. The van der Waals surface area contributed by atoms with E-state index in [1.165, 1.54) is 6.07 Å². The van der Waals surface area contributed by atoms with Crippen molar-refractivity contribution in [3.05, 3.63) is 35.1 Å². The number of hydrogen-bond acceptors (Lipinski definition) is 2. The maximum atomic E-state index is 13.3. The predicted molar refractivity (Wildman–Crippen MR) is 72.8 cm³/mol. The molecular formula is C16H21FO2. The molecule has 0 spiro atoms. The molecule has 1 fully saturated rings. The predicted octanol–water partition coefficient (Wildman–Crippen LogP) is 3.91. The van der Waals surface area contributed by atoms with E-state index in [4.69, 9.17) is 4.74 Å². The van der Waals surface area contributed by atoms with Crippen LogP contribution in [0.2, 0.25) is 0 Å². The van der Waals surface area contributed by atoms with E-state index in [0.29, 0.717) is 17.5 Å². The molecule has 1 aromatic rings. The normalized spacial score (nSPS) is 24.4. The molecule has 1 aliphatic rings. The highest BCUT2D eigenvalue weighted by Crippen LogP contribution is 2.43. The Bertz CT molecular complexity index is 517. The molecule has 1 saturated heterocycles. The zero-order valence-electron chi connectivity index (χ0n) is 12.2. The Morgan fingerprint density at radius 1 is 1.32 bits per heavy atom. The molecule has 0 bridgehead atoms. The number of carbonyl (C=O) groups excluding carboxylic acids is 1. The molecule has 0 radical (unpaired) electrons. The molecule has 104 valence electrons. The van der Waals surface area contributed by atoms with E-state index in [2.05, 4.69) is 0 Å². The number of aryl methyl sites for hydroxylation is 1. The molecule has 2 rings (SSSR count). The molecule has 0 amide bonds. The van der Waals surface area contributed by atoms with Crippen molar-refractivity contribution in [3.8, 4) is 0 Å². The van der Waals surface area contributed by atoms with Gasteiger partial charge in [0.05, 0.1) is 17.1 Å². The van der Waals surface area contributed by atoms with Crippen LogP contribution in [0.25, 0.3) is 0 Å². The van der Waals surface area contributed by atoms with Crippen molar-refractivity contribution >= 4 is 5.78 Å². The van der Waals surface area contributed by atoms with Crippen LogP contribution in [0.4, 0.5) is 4.39 Å². The SMILES string of the molecule is Cc1cc(C(=O)C2CC(C)(C)OC2(C)C)ccc1F. The summed E-state index contributed by atoms with van der Waals surface area (Å²) in [6, 6.07) is 4.54. The van der Waals surface area contributed by atoms with E-state index in [-0.39, 0.29) is 23.1 Å². The van der Waals surface area contributed by atoms with Gasteiger partial charge < -0.3 is 4.74 Å². The summed E-state index contributed by atoms with van der Waals surface area (Å²) in [5.74, 6) is -0.426. The van der Waals surface area contributed by atoms with Crippen LogP contribution in [0.5, 0.6) is 0 Å². The smallest absolute Gasteiger partial charge is 0.168 e. The van der Waals surface area contributed by atoms with Crippen LogP contribution in [0.1, 0.15) is 50.0 Å². The minimum atomic E-state index is -0.483. The Hall–Kier alpha value is -1.22. The largest absolute Gasteiger partial charge is 0.369 e. The summed E-state index contributed by atoms with van der Waals surface area (Å²) in [6.07, 6.45) is 0.690. The van der Waals surface area contributed by atoms with Crippen LogP contribution in [0, 0.1) is 18.7 Å². The molecule has 1 heterocycles. The summed E-state index contributed by atoms with van der Waals surface area (Å²) >= 11 is 0. The van der Waals surface area contributed by atoms with E-state index in [1.54, 1.807) is 19.1 Å². The van der Waals surface area contributed by atoms with Crippen LogP contribution < -0.4 is 0 Å². The Labute approximate surface area is 114 Å². The number of ketones is 1. The molecule has 0 aliphatic carbocycles. The van der Waals surface area contributed by atoms with Gasteiger partial charge >= 0.3 is 0 Å². The van der Waals surface area contributed by atoms with Crippen molar-refractivity contribution in [2.45, 2.75) is 52.2 Å². The number of rotatable bonds is 2. The molecule has 0 N–H and O–H groups in total. The summed E-state index contributed by atoms with van der Waals surface area (Å²) < 4.78 is 19.2. The highest BCUT2D eigenvalue weighted by Gasteiger charge is 2.49. The average molecular weight is 264 g/mol. The fourth-order valence-electron chi connectivity index (χ4n) is 2.97. The van der Waals surface area contributed by atoms with Crippen LogP contribution in [-0.2, 0) is 4.74 Å². The lowest BCUT2D eigenvalue weighted by molar-refractivity contribution is -0.0712. The zero-order valence-corrected chi connectivity index (χ0v) is 12.2.